The highest BCUT2D eigenvalue weighted by molar-refractivity contribution is 5.82. The molecule has 2 fully saturated rings. The topological polar surface area (TPSA) is 58.9 Å². The minimum atomic E-state index is 0.580. The highest BCUT2D eigenvalue weighted by Crippen LogP contribution is 2.27. The summed E-state index contributed by atoms with van der Waals surface area (Å²) in [7, 11) is 0. The molecule has 2 aromatic rings. The molecule has 0 bridgehead atoms. The number of fused-ring (bicyclic) bond motifs is 1. The van der Waals surface area contributed by atoms with Crippen LogP contribution in [-0.2, 0) is 6.67 Å². The summed E-state index contributed by atoms with van der Waals surface area (Å²) >= 11 is 0. The fraction of sp³-hybridized carbons (Fsp3) is 0.688. The Morgan fingerprint density at radius 2 is 2.14 bits per heavy atom. The van der Waals surface area contributed by atoms with Gasteiger partial charge < -0.3 is 9.88 Å². The van der Waals surface area contributed by atoms with Crippen LogP contribution >= 0.6 is 0 Å². The third-order valence-electron chi connectivity index (χ3n) is 4.74. The van der Waals surface area contributed by atoms with Gasteiger partial charge in [-0.3, -0.25) is 4.90 Å². The van der Waals surface area contributed by atoms with Crippen LogP contribution in [0.3, 0.4) is 0 Å². The van der Waals surface area contributed by atoms with E-state index in [1.807, 2.05) is 6.33 Å². The predicted molar refractivity (Wildman–Crippen MR) is 86.6 cm³/mol. The van der Waals surface area contributed by atoms with E-state index >= 15 is 0 Å². The van der Waals surface area contributed by atoms with Crippen LogP contribution in [0.5, 0.6) is 0 Å². The predicted octanol–water partition coefficient (Wildman–Crippen LogP) is 2.48. The lowest BCUT2D eigenvalue weighted by molar-refractivity contribution is 0.261. The molecule has 0 aromatic carbocycles. The molecule has 4 rings (SSSR count). The number of hydrogen-bond donors (Lipinski definition) is 1. The summed E-state index contributed by atoms with van der Waals surface area (Å²) in [6.07, 6.45) is 9.98. The van der Waals surface area contributed by atoms with E-state index in [1.165, 1.54) is 45.2 Å². The zero-order chi connectivity index (χ0) is 14.9. The van der Waals surface area contributed by atoms with E-state index in [0.29, 0.717) is 6.04 Å². The van der Waals surface area contributed by atoms with Crippen molar-refractivity contribution in [2.75, 3.05) is 18.4 Å². The Hall–Kier alpha value is -1.69. The SMILES string of the molecule is CCCC1CCN(Cn2cnc3c(NC4CC4)ncnc32)C1. The highest BCUT2D eigenvalue weighted by atomic mass is 15.3. The quantitative estimate of drug-likeness (QED) is 0.888. The maximum Gasteiger partial charge on any atom is 0.166 e. The number of hydrogen-bond acceptors (Lipinski definition) is 5. The minimum Gasteiger partial charge on any atom is -0.365 e. The molecule has 2 aliphatic rings. The van der Waals surface area contributed by atoms with Crippen LogP contribution in [0.1, 0.15) is 39.0 Å². The summed E-state index contributed by atoms with van der Waals surface area (Å²) in [5.41, 5.74) is 1.84. The van der Waals surface area contributed by atoms with E-state index in [1.54, 1.807) is 6.33 Å². The Morgan fingerprint density at radius 3 is 2.95 bits per heavy atom. The number of imidazole rings is 1. The molecule has 6 heteroatoms. The lowest BCUT2D eigenvalue weighted by Gasteiger charge is -2.16. The molecule has 3 heterocycles. The summed E-state index contributed by atoms with van der Waals surface area (Å²) < 4.78 is 2.16. The molecular formula is C16H24N6. The Labute approximate surface area is 131 Å². The molecule has 0 amide bonds. The summed E-state index contributed by atoms with van der Waals surface area (Å²) in [6.45, 7) is 5.54. The third-order valence-corrected chi connectivity index (χ3v) is 4.74. The first-order valence-corrected chi connectivity index (χ1v) is 8.48. The maximum absolute atomic E-state index is 4.55. The van der Waals surface area contributed by atoms with Crippen molar-refractivity contribution >= 4 is 17.0 Å². The lowest BCUT2D eigenvalue weighted by Crippen LogP contribution is -2.23. The van der Waals surface area contributed by atoms with Crippen LogP contribution in [0, 0.1) is 5.92 Å². The van der Waals surface area contributed by atoms with Gasteiger partial charge in [0.1, 0.15) is 11.8 Å². The second-order valence-corrected chi connectivity index (χ2v) is 6.69. The largest absolute Gasteiger partial charge is 0.365 e. The van der Waals surface area contributed by atoms with Gasteiger partial charge in [-0.2, -0.15) is 0 Å². The van der Waals surface area contributed by atoms with Crippen LogP contribution in [0.2, 0.25) is 0 Å². The number of nitrogens with zero attached hydrogens (tertiary/aromatic N) is 5. The summed E-state index contributed by atoms with van der Waals surface area (Å²) in [5, 5.41) is 3.45. The van der Waals surface area contributed by atoms with Gasteiger partial charge in [0, 0.05) is 19.1 Å². The van der Waals surface area contributed by atoms with Crippen molar-refractivity contribution in [1.29, 1.82) is 0 Å². The molecule has 1 aliphatic heterocycles. The van der Waals surface area contributed by atoms with E-state index in [4.69, 9.17) is 0 Å². The van der Waals surface area contributed by atoms with Crippen molar-refractivity contribution in [2.24, 2.45) is 5.92 Å². The highest BCUT2D eigenvalue weighted by Gasteiger charge is 2.24. The van der Waals surface area contributed by atoms with Crippen LogP contribution < -0.4 is 5.32 Å². The average Bonchev–Trinajstić information content (AvgIpc) is 3.07. The smallest absolute Gasteiger partial charge is 0.166 e. The van der Waals surface area contributed by atoms with Crippen molar-refractivity contribution in [2.45, 2.75) is 51.7 Å². The molecule has 1 saturated carbocycles. The standard InChI is InChI=1S/C16H24N6/c1-2-3-12-6-7-21(8-12)11-22-10-19-14-15(20-13-4-5-13)17-9-18-16(14)22/h9-10,12-13H,2-8,11H2,1H3,(H,17,18,20). The number of anilines is 1. The second kappa shape index (κ2) is 5.83. The summed E-state index contributed by atoms with van der Waals surface area (Å²) in [6, 6.07) is 0.580. The van der Waals surface area contributed by atoms with Gasteiger partial charge in [-0.1, -0.05) is 13.3 Å². The van der Waals surface area contributed by atoms with Crippen molar-refractivity contribution in [3.63, 3.8) is 0 Å². The van der Waals surface area contributed by atoms with E-state index in [-0.39, 0.29) is 0 Å². The molecule has 118 valence electrons. The van der Waals surface area contributed by atoms with Gasteiger partial charge in [-0.25, -0.2) is 15.0 Å². The normalized spacial score (nSPS) is 22.5. The monoisotopic (exact) mass is 300 g/mol. The van der Waals surface area contributed by atoms with Crippen molar-refractivity contribution in [3.05, 3.63) is 12.7 Å². The third kappa shape index (κ3) is 2.79. The molecule has 0 spiro atoms. The molecular weight excluding hydrogens is 276 g/mol. The molecule has 1 aliphatic carbocycles. The minimum absolute atomic E-state index is 0.580. The Bertz CT molecular complexity index is 647. The number of aromatic nitrogens is 4. The van der Waals surface area contributed by atoms with Crippen LogP contribution in [-0.4, -0.2) is 43.6 Å². The number of likely N-dealkylation sites (tertiary alicyclic amines) is 1. The van der Waals surface area contributed by atoms with Crippen LogP contribution in [0.4, 0.5) is 5.82 Å². The van der Waals surface area contributed by atoms with Gasteiger partial charge in [0.15, 0.2) is 11.5 Å². The lowest BCUT2D eigenvalue weighted by atomic mass is 10.0. The second-order valence-electron chi connectivity index (χ2n) is 6.69. The van der Waals surface area contributed by atoms with Gasteiger partial charge in [-0.05, 0) is 31.6 Å². The van der Waals surface area contributed by atoms with Crippen LogP contribution in [0.25, 0.3) is 11.2 Å². The zero-order valence-corrected chi connectivity index (χ0v) is 13.2. The van der Waals surface area contributed by atoms with E-state index < -0.39 is 0 Å². The first kappa shape index (κ1) is 13.9. The molecule has 1 unspecified atom stereocenters. The summed E-state index contributed by atoms with van der Waals surface area (Å²) in [4.78, 5) is 15.9. The molecule has 1 atom stereocenters. The summed E-state index contributed by atoms with van der Waals surface area (Å²) in [5.74, 6) is 1.75. The number of nitrogens with one attached hydrogen (secondary N) is 1. The average molecular weight is 300 g/mol. The van der Waals surface area contributed by atoms with Gasteiger partial charge in [0.05, 0.1) is 13.0 Å². The van der Waals surface area contributed by atoms with Gasteiger partial charge in [0.2, 0.25) is 0 Å². The van der Waals surface area contributed by atoms with Crippen molar-refractivity contribution in [1.82, 2.24) is 24.4 Å². The molecule has 2 aromatic heterocycles. The molecule has 0 radical (unpaired) electrons. The Balaban J connectivity index is 1.50. The van der Waals surface area contributed by atoms with E-state index in [9.17, 15) is 0 Å². The first-order valence-electron chi connectivity index (χ1n) is 8.48. The van der Waals surface area contributed by atoms with Crippen molar-refractivity contribution in [3.8, 4) is 0 Å². The molecule has 1 saturated heterocycles. The van der Waals surface area contributed by atoms with Gasteiger partial charge in [-0.15, -0.1) is 0 Å². The van der Waals surface area contributed by atoms with Crippen molar-refractivity contribution < 1.29 is 0 Å². The first-order chi connectivity index (χ1) is 10.8. The molecule has 6 nitrogen and oxygen atoms in total. The van der Waals surface area contributed by atoms with E-state index in [2.05, 4.69) is 36.7 Å². The zero-order valence-electron chi connectivity index (χ0n) is 13.2. The van der Waals surface area contributed by atoms with Gasteiger partial charge in [0.25, 0.3) is 0 Å². The molecule has 22 heavy (non-hydrogen) atoms. The Kier molecular flexibility index (Phi) is 3.70. The van der Waals surface area contributed by atoms with Crippen LogP contribution in [0.15, 0.2) is 12.7 Å². The Morgan fingerprint density at radius 1 is 1.23 bits per heavy atom. The fourth-order valence-electron chi connectivity index (χ4n) is 3.41. The fourth-order valence-corrected chi connectivity index (χ4v) is 3.41. The maximum atomic E-state index is 4.55. The van der Waals surface area contributed by atoms with E-state index in [0.717, 1.165) is 29.6 Å². The number of rotatable bonds is 6. The molecule has 1 N–H and O–H groups in total. The van der Waals surface area contributed by atoms with Gasteiger partial charge >= 0.3 is 0 Å².